The van der Waals surface area contributed by atoms with Crippen molar-refractivity contribution in [3.8, 4) is 28.7 Å². The first-order valence-corrected chi connectivity index (χ1v) is 24.1. The van der Waals surface area contributed by atoms with E-state index in [1.807, 2.05) is 18.2 Å². The Morgan fingerprint density at radius 2 is 0.612 bits per heavy atom. The van der Waals surface area contributed by atoms with E-state index in [0.717, 1.165) is 66.9 Å². The van der Waals surface area contributed by atoms with Gasteiger partial charge in [0, 0.05) is 38.3 Å². The van der Waals surface area contributed by atoms with Gasteiger partial charge >= 0.3 is 0 Å². The second-order valence-electron chi connectivity index (χ2n) is 24.4. The van der Waals surface area contributed by atoms with Crippen molar-refractivity contribution in [2.45, 2.75) is 170 Å². The maximum Gasteiger partial charge on any atom is 0.130 e. The van der Waals surface area contributed by atoms with E-state index in [0.29, 0.717) is 53.7 Å². The molecule has 0 amide bonds. The van der Waals surface area contributed by atoms with Gasteiger partial charge in [0.25, 0.3) is 0 Å². The molecule has 1 heterocycles. The molecule has 6 nitrogen and oxygen atoms in total. The Morgan fingerprint density at radius 3 is 0.836 bits per heavy atom. The fourth-order valence-corrected chi connectivity index (χ4v) is 9.14. The minimum Gasteiger partial charge on any atom is -0.507 e. The Labute approximate surface area is 401 Å². The van der Waals surface area contributed by atoms with E-state index in [9.17, 15) is 20.4 Å². The Morgan fingerprint density at radius 1 is 0.373 bits per heavy atom. The maximum absolute atomic E-state index is 12.6. The fraction of sp³-hybridized carbons (Fsp3) is 0.426. The molecular formula is C61H75NO5. The number of fused-ring (bicyclic) bond motifs is 10. The number of ether oxygens (including phenoxy) is 1. The highest BCUT2D eigenvalue weighted by Gasteiger charge is 2.29. The summed E-state index contributed by atoms with van der Waals surface area (Å²) in [5.74, 6) is 1.36. The van der Waals surface area contributed by atoms with Crippen LogP contribution in [0.4, 0.5) is 0 Å². The molecule has 0 saturated heterocycles. The van der Waals surface area contributed by atoms with E-state index >= 15 is 0 Å². The third-order valence-electron chi connectivity index (χ3n) is 13.6. The van der Waals surface area contributed by atoms with Crippen LogP contribution in [0.5, 0.6) is 28.7 Å². The van der Waals surface area contributed by atoms with Crippen LogP contribution >= 0.6 is 0 Å². The third-order valence-corrected chi connectivity index (χ3v) is 13.6. The summed E-state index contributed by atoms with van der Waals surface area (Å²) >= 11 is 0. The molecule has 6 heteroatoms. The summed E-state index contributed by atoms with van der Waals surface area (Å²) in [6, 6.07) is 27.0. The topological polar surface area (TPSA) is 103 Å². The molecule has 6 aromatic rings. The normalized spacial score (nSPS) is 13.9. The van der Waals surface area contributed by atoms with Gasteiger partial charge in [-0.3, -0.25) is 4.98 Å². The predicted octanol–water partition coefficient (Wildman–Crippen LogP) is 14.2. The van der Waals surface area contributed by atoms with Crippen molar-refractivity contribution in [3.05, 3.63) is 174 Å². The number of pyridine rings is 1. The van der Waals surface area contributed by atoms with Crippen molar-refractivity contribution in [2.24, 2.45) is 0 Å². The van der Waals surface area contributed by atoms with Crippen LogP contribution in [0.3, 0.4) is 0 Å². The maximum atomic E-state index is 12.6. The summed E-state index contributed by atoms with van der Waals surface area (Å²) in [6.45, 7) is 33.0. The van der Waals surface area contributed by atoms with Crippen LogP contribution in [0.2, 0.25) is 0 Å². The van der Waals surface area contributed by atoms with Crippen molar-refractivity contribution in [2.75, 3.05) is 0 Å². The predicted molar refractivity (Wildman–Crippen MR) is 275 cm³/mol. The van der Waals surface area contributed by atoms with E-state index in [-0.39, 0.29) is 63.1 Å². The number of hydrogen-bond acceptors (Lipinski definition) is 6. The molecule has 5 aromatic carbocycles. The number of aromatic hydroxyl groups is 4. The lowest BCUT2D eigenvalue weighted by atomic mass is 9.79. The molecule has 0 atom stereocenters. The van der Waals surface area contributed by atoms with Gasteiger partial charge in [-0.25, -0.2) is 0 Å². The van der Waals surface area contributed by atoms with Crippen molar-refractivity contribution in [1.82, 2.24) is 4.98 Å². The number of benzene rings is 5. The van der Waals surface area contributed by atoms with E-state index in [1.54, 1.807) is 6.20 Å². The second-order valence-corrected chi connectivity index (χ2v) is 24.4. The summed E-state index contributed by atoms with van der Waals surface area (Å²) in [5, 5.41) is 50.0. The van der Waals surface area contributed by atoms with Crippen LogP contribution in [0.15, 0.2) is 85.1 Å². The highest BCUT2D eigenvalue weighted by molar-refractivity contribution is 5.60. The molecule has 0 fully saturated rings. The molecule has 0 unspecified atom stereocenters. The van der Waals surface area contributed by atoms with E-state index in [2.05, 4.69) is 170 Å². The zero-order chi connectivity index (χ0) is 49.2. The first-order chi connectivity index (χ1) is 31.0. The van der Waals surface area contributed by atoms with Crippen LogP contribution in [0.25, 0.3) is 0 Å². The molecule has 7 rings (SSSR count). The fourth-order valence-electron chi connectivity index (χ4n) is 9.14. The van der Waals surface area contributed by atoms with Crippen LogP contribution in [0.1, 0.15) is 193 Å². The molecule has 0 aliphatic heterocycles. The van der Waals surface area contributed by atoms with Crippen molar-refractivity contribution < 1.29 is 25.2 Å². The molecule has 0 saturated carbocycles. The molecule has 67 heavy (non-hydrogen) atoms. The number of phenolic OH excluding ortho intramolecular Hbond substituents is 4. The van der Waals surface area contributed by atoms with Gasteiger partial charge in [0.2, 0.25) is 0 Å². The number of rotatable bonds is 3. The average molecular weight is 902 g/mol. The molecule has 0 radical (unpaired) electrons. The van der Waals surface area contributed by atoms with Crippen molar-refractivity contribution >= 4 is 0 Å². The Balaban J connectivity index is 1.60. The van der Waals surface area contributed by atoms with Crippen molar-refractivity contribution in [3.63, 3.8) is 0 Å². The van der Waals surface area contributed by atoms with E-state index in [4.69, 9.17) is 4.74 Å². The lowest BCUT2D eigenvalue weighted by Crippen LogP contribution is -2.16. The molecule has 10 bridgehead atoms. The molecule has 354 valence electrons. The minimum absolute atomic E-state index is 0.152. The summed E-state index contributed by atoms with van der Waals surface area (Å²) in [5.41, 5.74) is 12.5. The smallest absolute Gasteiger partial charge is 0.130 e. The molecule has 1 aliphatic carbocycles. The van der Waals surface area contributed by atoms with Gasteiger partial charge in [-0.2, -0.15) is 0 Å². The lowest BCUT2D eigenvalue weighted by molar-refractivity contribution is 0.295. The standard InChI is InChI=1S/C61H75NO5/c1-57(2,3)46-25-36-20-37-26-47(58(4,5)6)28-39(53(37)64)22-41-30-49(60(10,11)12)32-43(55(41)66)24-45-34-50(61(13,14)15)33-44(56(45)67-35-51-18-16-17-19-62-51)23-42-31-48(59(7,8)9)29-40(54(42)65)21-38(27-46)52(36)63/h16-19,25-34,63-66H,20-24,35H2,1-15H3. The van der Waals surface area contributed by atoms with Gasteiger partial charge in [0.15, 0.2) is 0 Å². The van der Waals surface area contributed by atoms with Gasteiger partial charge in [0.05, 0.1) is 5.69 Å². The Bertz CT molecular complexity index is 2650. The number of hydrogen-bond donors (Lipinski definition) is 4. The summed E-state index contributed by atoms with van der Waals surface area (Å²) in [6.07, 6.45) is 3.40. The molecular weight excluding hydrogens is 827 g/mol. The first-order valence-electron chi connectivity index (χ1n) is 24.1. The summed E-state index contributed by atoms with van der Waals surface area (Å²) < 4.78 is 6.94. The van der Waals surface area contributed by atoms with E-state index < -0.39 is 0 Å². The molecule has 0 spiro atoms. The van der Waals surface area contributed by atoms with Gasteiger partial charge in [-0.05, 0) is 123 Å². The minimum atomic E-state index is -0.263. The quantitative estimate of drug-likeness (QED) is 0.141. The average Bonchev–Trinajstić information content (AvgIpc) is 3.21. The molecule has 1 aromatic heterocycles. The zero-order valence-corrected chi connectivity index (χ0v) is 43.0. The van der Waals surface area contributed by atoms with Gasteiger partial charge < -0.3 is 25.2 Å². The number of phenols is 4. The third kappa shape index (κ3) is 10.9. The van der Waals surface area contributed by atoms with E-state index in [1.165, 1.54) is 0 Å². The van der Waals surface area contributed by atoms with Crippen LogP contribution in [-0.2, 0) is 65.8 Å². The second kappa shape index (κ2) is 17.7. The van der Waals surface area contributed by atoms with Gasteiger partial charge in [-0.1, -0.05) is 171 Å². The van der Waals surface area contributed by atoms with Crippen LogP contribution < -0.4 is 4.74 Å². The highest BCUT2D eigenvalue weighted by Crippen LogP contribution is 2.44. The molecule has 1 aliphatic rings. The lowest BCUT2D eigenvalue weighted by Gasteiger charge is -2.27. The Hall–Kier alpha value is -5.75. The Kier molecular flexibility index (Phi) is 13.0. The number of nitrogens with zero attached hydrogens (tertiary/aromatic N) is 1. The SMILES string of the molecule is CC(C)(C)c1cc2c(O)c(c1)Cc1cc(C(C)(C)C)cc(c1O)Cc1cc(C(C)(C)C)cc(c1OCc1ccccn1)Cc1cc(C(C)(C)C)cc(c1O)Cc1cc(C(C)(C)C)cc(c1O)C2. The highest BCUT2D eigenvalue weighted by atomic mass is 16.5. The van der Waals surface area contributed by atoms with Crippen LogP contribution in [-0.4, -0.2) is 25.4 Å². The van der Waals surface area contributed by atoms with Gasteiger partial charge in [0.1, 0.15) is 35.4 Å². The zero-order valence-electron chi connectivity index (χ0n) is 43.0. The summed E-state index contributed by atoms with van der Waals surface area (Å²) in [4.78, 5) is 4.61. The number of aromatic nitrogens is 1. The first kappa shape index (κ1) is 49.2. The largest absolute Gasteiger partial charge is 0.507 e. The van der Waals surface area contributed by atoms with Gasteiger partial charge in [-0.15, -0.1) is 0 Å². The monoisotopic (exact) mass is 902 g/mol. The van der Waals surface area contributed by atoms with Crippen molar-refractivity contribution in [1.29, 1.82) is 0 Å². The summed E-state index contributed by atoms with van der Waals surface area (Å²) in [7, 11) is 0. The molecule has 4 N–H and O–H groups in total. The van der Waals surface area contributed by atoms with Crippen LogP contribution in [0, 0.1) is 0 Å².